The molecule has 29 heavy (non-hydrogen) atoms. The monoisotopic (exact) mass is 393 g/mol. The first kappa shape index (κ1) is 19.7. The highest BCUT2D eigenvalue weighted by Crippen LogP contribution is 2.40. The molecule has 0 bridgehead atoms. The minimum absolute atomic E-state index is 0.0335. The van der Waals surface area contributed by atoms with Crippen molar-refractivity contribution in [3.05, 3.63) is 53.7 Å². The van der Waals surface area contributed by atoms with E-state index in [-0.39, 0.29) is 6.03 Å². The van der Waals surface area contributed by atoms with Gasteiger partial charge in [0.1, 0.15) is 5.82 Å². The number of hydrogen-bond acceptors (Lipinski definition) is 4. The molecule has 3 heterocycles. The first-order valence-electron chi connectivity index (χ1n) is 10.6. The fourth-order valence-corrected chi connectivity index (χ4v) is 4.34. The summed E-state index contributed by atoms with van der Waals surface area (Å²) < 4.78 is 0. The van der Waals surface area contributed by atoms with Crippen LogP contribution in [0.15, 0.2) is 42.6 Å². The second-order valence-electron chi connectivity index (χ2n) is 8.46. The third-order valence-corrected chi connectivity index (χ3v) is 6.16. The van der Waals surface area contributed by atoms with E-state index in [1.54, 1.807) is 0 Å². The Morgan fingerprint density at radius 2 is 1.90 bits per heavy atom. The van der Waals surface area contributed by atoms with E-state index in [1.165, 1.54) is 5.56 Å². The summed E-state index contributed by atoms with van der Waals surface area (Å²) in [6, 6.07) is 12.3. The highest BCUT2D eigenvalue weighted by atomic mass is 16.2. The van der Waals surface area contributed by atoms with Gasteiger partial charge in [0.15, 0.2) is 0 Å². The van der Waals surface area contributed by atoms with Crippen LogP contribution in [0.4, 0.5) is 16.3 Å². The van der Waals surface area contributed by atoms with Crippen LogP contribution in [0.2, 0.25) is 0 Å². The molecular weight excluding hydrogens is 362 g/mol. The second-order valence-corrected chi connectivity index (χ2v) is 8.46. The van der Waals surface area contributed by atoms with Crippen molar-refractivity contribution in [1.82, 2.24) is 15.2 Å². The fraction of sp³-hybridized carbons (Fsp3) is 0.478. The molecule has 154 valence electrons. The topological polar surface area (TPSA) is 51.7 Å². The predicted molar refractivity (Wildman–Crippen MR) is 118 cm³/mol. The van der Waals surface area contributed by atoms with Gasteiger partial charge in [-0.2, -0.15) is 0 Å². The Morgan fingerprint density at radius 3 is 2.66 bits per heavy atom. The highest BCUT2D eigenvalue weighted by Gasteiger charge is 2.33. The summed E-state index contributed by atoms with van der Waals surface area (Å²) >= 11 is 0. The third-order valence-electron chi connectivity index (χ3n) is 6.16. The van der Waals surface area contributed by atoms with Gasteiger partial charge in [-0.3, -0.25) is 4.90 Å². The largest absolute Gasteiger partial charge is 0.354 e. The maximum absolute atomic E-state index is 13.1. The minimum atomic E-state index is -0.0335. The van der Waals surface area contributed by atoms with Crippen molar-refractivity contribution < 1.29 is 4.79 Å². The molecule has 0 saturated carbocycles. The molecule has 2 amide bonds. The summed E-state index contributed by atoms with van der Waals surface area (Å²) in [7, 11) is 2.15. The molecule has 1 atom stereocenters. The summed E-state index contributed by atoms with van der Waals surface area (Å²) in [5.74, 6) is 1.87. The molecule has 1 aromatic carbocycles. The number of nitrogens with one attached hydrogen (secondary N) is 1. The maximum Gasteiger partial charge on any atom is 0.322 e. The maximum atomic E-state index is 13.1. The molecule has 1 unspecified atom stereocenters. The Bertz CT molecular complexity index is 860. The number of carbonyl (C=O) groups excluding carboxylic acids is 1. The van der Waals surface area contributed by atoms with Gasteiger partial charge in [0.2, 0.25) is 0 Å². The summed E-state index contributed by atoms with van der Waals surface area (Å²) in [5.41, 5.74) is 3.38. The van der Waals surface area contributed by atoms with E-state index in [1.807, 2.05) is 23.2 Å². The second kappa shape index (κ2) is 8.41. The average Bonchev–Trinajstić information content (AvgIpc) is 3.13. The average molecular weight is 394 g/mol. The highest BCUT2D eigenvalue weighted by molar-refractivity contribution is 5.94. The number of fused-ring (bicyclic) bond motifs is 1. The minimum Gasteiger partial charge on any atom is -0.354 e. The first-order chi connectivity index (χ1) is 14.0. The van der Waals surface area contributed by atoms with Crippen molar-refractivity contribution in [3.8, 4) is 0 Å². The van der Waals surface area contributed by atoms with Crippen molar-refractivity contribution in [3.63, 3.8) is 0 Å². The van der Waals surface area contributed by atoms with Crippen LogP contribution in [-0.4, -0.2) is 55.7 Å². The van der Waals surface area contributed by atoms with E-state index in [4.69, 9.17) is 0 Å². The van der Waals surface area contributed by atoms with Crippen LogP contribution >= 0.6 is 0 Å². The molecule has 1 fully saturated rings. The number of aromatic nitrogens is 1. The number of piperazine rings is 1. The van der Waals surface area contributed by atoms with Crippen molar-refractivity contribution in [2.75, 3.05) is 49.6 Å². The first-order valence-corrected chi connectivity index (χ1v) is 10.6. The van der Waals surface area contributed by atoms with Gasteiger partial charge in [-0.15, -0.1) is 0 Å². The lowest BCUT2D eigenvalue weighted by Gasteiger charge is -2.34. The summed E-state index contributed by atoms with van der Waals surface area (Å²) in [6.45, 7) is 9.66. The molecule has 0 spiro atoms. The Balaban J connectivity index is 1.46. The smallest absolute Gasteiger partial charge is 0.322 e. The number of amides is 2. The summed E-state index contributed by atoms with van der Waals surface area (Å²) in [4.78, 5) is 24.2. The van der Waals surface area contributed by atoms with Crippen molar-refractivity contribution >= 4 is 17.5 Å². The third kappa shape index (κ3) is 4.08. The van der Waals surface area contributed by atoms with Gasteiger partial charge in [0.05, 0.1) is 0 Å². The normalized spacial score (nSPS) is 19.5. The number of nitrogens with zero attached hydrogens (tertiary/aromatic N) is 4. The molecule has 2 aliphatic heterocycles. The van der Waals surface area contributed by atoms with Gasteiger partial charge in [0, 0.05) is 62.6 Å². The number of anilines is 2. The van der Waals surface area contributed by atoms with Crippen molar-refractivity contribution in [2.24, 2.45) is 5.92 Å². The zero-order valence-corrected chi connectivity index (χ0v) is 17.6. The molecule has 2 aromatic rings. The zero-order valence-electron chi connectivity index (χ0n) is 17.6. The number of carbonyl (C=O) groups is 1. The molecule has 0 aliphatic carbocycles. The standard InChI is InChI=1S/C23H31N5O/c1-17(2)20-16-28(21-9-5-4-8-19(20)21)23(29)25-15-18-7-6-10-24-22(18)27-13-11-26(3)12-14-27/h4-10,17,20H,11-16H2,1-3H3,(H,25,29). The van der Waals surface area contributed by atoms with Crippen LogP contribution in [0, 0.1) is 5.92 Å². The van der Waals surface area contributed by atoms with Gasteiger partial charge in [0.25, 0.3) is 0 Å². The lowest BCUT2D eigenvalue weighted by atomic mass is 9.90. The molecular formula is C23H31N5O. The Hall–Kier alpha value is -2.60. The quantitative estimate of drug-likeness (QED) is 0.866. The van der Waals surface area contributed by atoms with Crippen LogP contribution < -0.4 is 15.1 Å². The SMILES string of the molecule is CC(C)C1CN(C(=O)NCc2cccnc2N2CCN(C)CC2)c2ccccc21. The summed E-state index contributed by atoms with van der Waals surface area (Å²) in [5, 5.41) is 3.14. The zero-order chi connectivity index (χ0) is 20.4. The molecule has 1 aromatic heterocycles. The van der Waals surface area contributed by atoms with Crippen LogP contribution in [0.1, 0.15) is 30.9 Å². The Labute approximate surface area is 173 Å². The van der Waals surface area contributed by atoms with E-state index in [2.05, 4.69) is 65.3 Å². The number of likely N-dealkylation sites (N-methyl/N-ethyl adjacent to an activating group) is 1. The number of para-hydroxylation sites is 1. The van der Waals surface area contributed by atoms with E-state index in [0.29, 0.717) is 18.4 Å². The van der Waals surface area contributed by atoms with Crippen LogP contribution in [0.5, 0.6) is 0 Å². The lowest BCUT2D eigenvalue weighted by Crippen LogP contribution is -2.45. The van der Waals surface area contributed by atoms with Gasteiger partial charge in [-0.05, 0) is 30.7 Å². The molecule has 6 nitrogen and oxygen atoms in total. The molecule has 4 rings (SSSR count). The van der Waals surface area contributed by atoms with E-state index in [0.717, 1.165) is 49.8 Å². The van der Waals surface area contributed by atoms with Gasteiger partial charge < -0.3 is 15.1 Å². The van der Waals surface area contributed by atoms with E-state index in [9.17, 15) is 4.79 Å². The number of hydrogen-bond donors (Lipinski definition) is 1. The number of urea groups is 1. The molecule has 1 N–H and O–H groups in total. The fourth-order valence-electron chi connectivity index (χ4n) is 4.34. The molecule has 0 radical (unpaired) electrons. The van der Waals surface area contributed by atoms with Crippen molar-refractivity contribution in [2.45, 2.75) is 26.3 Å². The van der Waals surface area contributed by atoms with Crippen LogP contribution in [-0.2, 0) is 6.54 Å². The Kier molecular flexibility index (Phi) is 5.72. The van der Waals surface area contributed by atoms with Gasteiger partial charge >= 0.3 is 6.03 Å². The van der Waals surface area contributed by atoms with Crippen LogP contribution in [0.3, 0.4) is 0 Å². The molecule has 2 aliphatic rings. The van der Waals surface area contributed by atoms with E-state index < -0.39 is 0 Å². The number of pyridine rings is 1. The molecule has 1 saturated heterocycles. The number of benzene rings is 1. The van der Waals surface area contributed by atoms with Crippen molar-refractivity contribution in [1.29, 1.82) is 0 Å². The Morgan fingerprint density at radius 1 is 1.14 bits per heavy atom. The van der Waals surface area contributed by atoms with Gasteiger partial charge in [-0.25, -0.2) is 9.78 Å². The number of rotatable bonds is 4. The summed E-state index contributed by atoms with van der Waals surface area (Å²) in [6.07, 6.45) is 1.84. The van der Waals surface area contributed by atoms with E-state index >= 15 is 0 Å². The van der Waals surface area contributed by atoms with Gasteiger partial charge in [-0.1, -0.05) is 38.1 Å². The predicted octanol–water partition coefficient (Wildman–Crippen LogP) is 3.30. The lowest BCUT2D eigenvalue weighted by molar-refractivity contribution is 0.245. The molecule has 6 heteroatoms. The van der Waals surface area contributed by atoms with Crippen LogP contribution in [0.25, 0.3) is 0 Å².